The van der Waals surface area contributed by atoms with Crippen LogP contribution in [0.4, 0.5) is 5.82 Å². The van der Waals surface area contributed by atoms with Crippen LogP contribution in [0.3, 0.4) is 0 Å². The number of carbonyl (C=O) groups is 2. The summed E-state index contributed by atoms with van der Waals surface area (Å²) in [6.45, 7) is 4.65. The fourth-order valence-corrected chi connectivity index (χ4v) is 5.63. The summed E-state index contributed by atoms with van der Waals surface area (Å²) >= 11 is 0. The zero-order valence-electron chi connectivity index (χ0n) is 17.0. The van der Waals surface area contributed by atoms with Gasteiger partial charge in [0.2, 0.25) is 11.8 Å². The first kappa shape index (κ1) is 23.0. The standard InChI is InChI=1S/C20H28N6O2.2ClH/c27-18-3-1-2-16-14-10-15(12-22-11-14)19(26(16)18)20(28)25-8-6-24(7-9-25)17-13-21-4-5-23-17;;/h4-5,13-16,19,22H,1-3,6-12H2;2*1H/t14-,15+,16+,19-;;/m1../s1. The van der Waals surface area contributed by atoms with Crippen molar-refractivity contribution in [2.24, 2.45) is 11.8 Å². The average Bonchev–Trinajstić information content (AvgIpc) is 2.75. The number of piperidine rings is 3. The molecule has 166 valence electrons. The molecule has 1 aromatic heterocycles. The Balaban J connectivity index is 0.00000128. The van der Waals surface area contributed by atoms with Gasteiger partial charge in [-0.25, -0.2) is 4.98 Å². The summed E-state index contributed by atoms with van der Waals surface area (Å²) in [5.74, 6) is 1.93. The maximum absolute atomic E-state index is 13.6. The average molecular weight is 457 g/mol. The van der Waals surface area contributed by atoms with Crippen LogP contribution in [0.2, 0.25) is 0 Å². The highest BCUT2D eigenvalue weighted by atomic mass is 35.5. The number of rotatable bonds is 2. The number of hydrogen-bond acceptors (Lipinski definition) is 6. The van der Waals surface area contributed by atoms with Crippen LogP contribution < -0.4 is 10.2 Å². The van der Waals surface area contributed by atoms with E-state index in [1.54, 1.807) is 18.6 Å². The SMILES string of the molecule is Cl.Cl.O=C([C@H]1[C@@H]2CNC[C@@H](C2)[C@@H]2CCCC(=O)N21)N1CCN(c2cnccn2)CC1. The van der Waals surface area contributed by atoms with Gasteiger partial charge in [0.25, 0.3) is 0 Å². The van der Waals surface area contributed by atoms with Crippen LogP contribution in [0.25, 0.3) is 0 Å². The second kappa shape index (κ2) is 9.66. The summed E-state index contributed by atoms with van der Waals surface area (Å²) in [6.07, 6.45) is 8.79. The molecule has 1 aromatic rings. The minimum Gasteiger partial charge on any atom is -0.352 e. The van der Waals surface area contributed by atoms with E-state index in [0.717, 1.165) is 51.3 Å². The highest BCUT2D eigenvalue weighted by molar-refractivity contribution is 5.89. The predicted molar refractivity (Wildman–Crippen MR) is 118 cm³/mol. The van der Waals surface area contributed by atoms with E-state index in [0.29, 0.717) is 25.4 Å². The van der Waals surface area contributed by atoms with Crippen molar-refractivity contribution in [1.29, 1.82) is 0 Å². The number of hydrogen-bond donors (Lipinski definition) is 1. The fourth-order valence-electron chi connectivity index (χ4n) is 5.63. The van der Waals surface area contributed by atoms with Crippen molar-refractivity contribution >= 4 is 42.4 Å². The molecule has 4 atom stereocenters. The summed E-state index contributed by atoms with van der Waals surface area (Å²) in [7, 11) is 0. The minimum atomic E-state index is -0.287. The monoisotopic (exact) mass is 456 g/mol. The molecule has 1 N–H and O–H groups in total. The van der Waals surface area contributed by atoms with E-state index in [2.05, 4.69) is 20.2 Å². The van der Waals surface area contributed by atoms with Crippen LogP contribution >= 0.6 is 24.8 Å². The lowest BCUT2D eigenvalue weighted by Gasteiger charge is -2.54. The Bertz CT molecular complexity index is 746. The third kappa shape index (κ3) is 4.09. The molecule has 5 rings (SSSR count). The molecule has 4 aliphatic heterocycles. The van der Waals surface area contributed by atoms with Crippen LogP contribution in [-0.2, 0) is 9.59 Å². The summed E-state index contributed by atoms with van der Waals surface area (Å²) in [5.41, 5.74) is 0. The first-order valence-electron chi connectivity index (χ1n) is 10.5. The Labute approximate surface area is 189 Å². The maximum atomic E-state index is 13.6. The van der Waals surface area contributed by atoms with Crippen LogP contribution in [-0.4, -0.2) is 82.9 Å². The molecule has 4 fully saturated rings. The molecule has 0 saturated carbocycles. The number of fused-ring (bicyclic) bond motifs is 4. The Morgan fingerprint density at radius 1 is 1.07 bits per heavy atom. The van der Waals surface area contributed by atoms with E-state index in [9.17, 15) is 9.59 Å². The van der Waals surface area contributed by atoms with Gasteiger partial charge >= 0.3 is 0 Å². The summed E-state index contributed by atoms with van der Waals surface area (Å²) < 4.78 is 0. The molecular formula is C20H30Cl2N6O2. The van der Waals surface area contributed by atoms with Gasteiger partial charge in [0.15, 0.2) is 0 Å². The second-order valence-electron chi connectivity index (χ2n) is 8.50. The topological polar surface area (TPSA) is 81.7 Å². The molecule has 5 heterocycles. The molecule has 4 saturated heterocycles. The van der Waals surface area contributed by atoms with Gasteiger partial charge < -0.3 is 20.0 Å². The van der Waals surface area contributed by atoms with Crippen molar-refractivity contribution in [3.8, 4) is 0 Å². The lowest BCUT2D eigenvalue weighted by atomic mass is 9.72. The zero-order valence-corrected chi connectivity index (χ0v) is 18.6. The normalized spacial score (nSPS) is 30.7. The molecule has 0 aromatic carbocycles. The smallest absolute Gasteiger partial charge is 0.245 e. The molecule has 8 nitrogen and oxygen atoms in total. The van der Waals surface area contributed by atoms with Gasteiger partial charge in [-0.3, -0.25) is 14.6 Å². The summed E-state index contributed by atoms with van der Waals surface area (Å²) in [5, 5.41) is 3.52. The van der Waals surface area contributed by atoms with E-state index in [4.69, 9.17) is 0 Å². The number of amides is 2. The van der Waals surface area contributed by atoms with Crippen LogP contribution in [0.15, 0.2) is 18.6 Å². The van der Waals surface area contributed by atoms with Gasteiger partial charge in [-0.15, -0.1) is 24.8 Å². The minimum absolute atomic E-state index is 0. The maximum Gasteiger partial charge on any atom is 0.245 e. The highest BCUT2D eigenvalue weighted by Gasteiger charge is 2.51. The number of nitrogens with zero attached hydrogens (tertiary/aromatic N) is 5. The number of halogens is 2. The number of nitrogens with one attached hydrogen (secondary N) is 1. The third-order valence-corrected chi connectivity index (χ3v) is 6.96. The largest absolute Gasteiger partial charge is 0.352 e. The van der Waals surface area contributed by atoms with E-state index in [1.165, 1.54) is 0 Å². The Morgan fingerprint density at radius 2 is 1.83 bits per heavy atom. The number of aromatic nitrogens is 2. The number of carbonyl (C=O) groups excluding carboxylic acids is 2. The van der Waals surface area contributed by atoms with Crippen molar-refractivity contribution in [3.05, 3.63) is 18.6 Å². The van der Waals surface area contributed by atoms with Crippen LogP contribution in [0, 0.1) is 11.8 Å². The molecule has 10 heteroatoms. The van der Waals surface area contributed by atoms with Crippen molar-refractivity contribution in [2.45, 2.75) is 37.8 Å². The van der Waals surface area contributed by atoms with Gasteiger partial charge in [0.1, 0.15) is 11.9 Å². The zero-order chi connectivity index (χ0) is 19.1. The first-order chi connectivity index (χ1) is 13.7. The van der Waals surface area contributed by atoms with E-state index < -0.39 is 0 Å². The second-order valence-corrected chi connectivity index (χ2v) is 8.50. The number of anilines is 1. The summed E-state index contributed by atoms with van der Waals surface area (Å²) in [4.78, 5) is 41.0. The molecule has 0 radical (unpaired) electrons. The molecule has 0 unspecified atom stereocenters. The quantitative estimate of drug-likeness (QED) is 0.713. The Hall–Kier alpha value is -1.64. The van der Waals surface area contributed by atoms with E-state index in [-0.39, 0.29) is 54.6 Å². The Kier molecular flexibility index (Phi) is 7.42. The third-order valence-electron chi connectivity index (χ3n) is 6.96. The highest BCUT2D eigenvalue weighted by Crippen LogP contribution is 2.40. The molecule has 4 aliphatic rings. The van der Waals surface area contributed by atoms with Crippen molar-refractivity contribution in [1.82, 2.24) is 25.1 Å². The molecule has 0 aliphatic carbocycles. The molecule has 0 spiro atoms. The molecule has 2 amide bonds. The van der Waals surface area contributed by atoms with Crippen molar-refractivity contribution < 1.29 is 9.59 Å². The van der Waals surface area contributed by atoms with E-state index >= 15 is 0 Å². The van der Waals surface area contributed by atoms with Gasteiger partial charge in [0, 0.05) is 63.5 Å². The molecule has 30 heavy (non-hydrogen) atoms. The molecular weight excluding hydrogens is 427 g/mol. The Morgan fingerprint density at radius 3 is 2.57 bits per heavy atom. The first-order valence-corrected chi connectivity index (χ1v) is 10.5. The molecule has 2 bridgehead atoms. The number of piperazine rings is 1. The van der Waals surface area contributed by atoms with Crippen molar-refractivity contribution in [3.63, 3.8) is 0 Å². The lowest BCUT2D eigenvalue weighted by Crippen LogP contribution is -2.69. The lowest BCUT2D eigenvalue weighted by molar-refractivity contribution is -0.162. The van der Waals surface area contributed by atoms with Crippen LogP contribution in [0.5, 0.6) is 0 Å². The van der Waals surface area contributed by atoms with Gasteiger partial charge in [-0.2, -0.15) is 0 Å². The van der Waals surface area contributed by atoms with Gasteiger partial charge in [0.05, 0.1) is 6.20 Å². The van der Waals surface area contributed by atoms with Crippen LogP contribution in [0.1, 0.15) is 25.7 Å². The van der Waals surface area contributed by atoms with Gasteiger partial charge in [-0.05, 0) is 31.7 Å². The predicted octanol–water partition coefficient (Wildman–Crippen LogP) is 0.958. The van der Waals surface area contributed by atoms with Gasteiger partial charge in [-0.1, -0.05) is 0 Å². The van der Waals surface area contributed by atoms with E-state index in [1.807, 2.05) is 9.80 Å². The summed E-state index contributed by atoms with van der Waals surface area (Å²) in [6, 6.07) is -0.0509. The fraction of sp³-hybridized carbons (Fsp3) is 0.700. The van der Waals surface area contributed by atoms with Crippen molar-refractivity contribution in [2.75, 3.05) is 44.2 Å².